The molecular weight excluding hydrogens is 264 g/mol. The van der Waals surface area contributed by atoms with Gasteiger partial charge in [-0.1, -0.05) is 0 Å². The lowest BCUT2D eigenvalue weighted by Gasteiger charge is -2.30. The van der Waals surface area contributed by atoms with E-state index < -0.39 is 11.7 Å². The van der Waals surface area contributed by atoms with Crippen molar-refractivity contribution in [2.24, 2.45) is 0 Å². The lowest BCUT2D eigenvalue weighted by molar-refractivity contribution is 0.00542. The highest BCUT2D eigenvalue weighted by Crippen LogP contribution is 2.31. The van der Waals surface area contributed by atoms with Gasteiger partial charge in [-0.15, -0.1) is 11.3 Å². The number of thiazole rings is 1. The third-order valence-electron chi connectivity index (χ3n) is 3.03. The Morgan fingerprint density at radius 2 is 2.37 bits per heavy atom. The van der Waals surface area contributed by atoms with E-state index in [1.165, 1.54) is 11.3 Å². The van der Waals surface area contributed by atoms with Gasteiger partial charge in [-0.2, -0.15) is 0 Å². The smallest absolute Gasteiger partial charge is 0.410 e. The van der Waals surface area contributed by atoms with Crippen molar-refractivity contribution in [3.8, 4) is 0 Å². The van der Waals surface area contributed by atoms with E-state index in [1.54, 1.807) is 16.6 Å². The van der Waals surface area contributed by atoms with Crippen molar-refractivity contribution in [1.82, 2.24) is 9.88 Å². The predicted molar refractivity (Wildman–Crippen MR) is 73.0 cm³/mol. The van der Waals surface area contributed by atoms with Gasteiger partial charge in [0.25, 0.3) is 0 Å². The molecule has 2 atom stereocenters. The largest absolute Gasteiger partial charge is 0.444 e. The van der Waals surface area contributed by atoms with Crippen molar-refractivity contribution in [2.45, 2.75) is 51.4 Å². The molecule has 1 saturated heterocycles. The first-order valence-corrected chi connectivity index (χ1v) is 7.32. The zero-order chi connectivity index (χ0) is 14.0. The number of aromatic nitrogens is 1. The molecule has 0 spiro atoms. The van der Waals surface area contributed by atoms with Crippen LogP contribution in [0.5, 0.6) is 0 Å². The first kappa shape index (κ1) is 14.3. The van der Waals surface area contributed by atoms with Gasteiger partial charge in [0.05, 0.1) is 16.4 Å². The number of aliphatic hydroxyl groups excluding tert-OH is 1. The molecule has 1 fully saturated rings. The molecule has 1 aromatic rings. The van der Waals surface area contributed by atoms with E-state index in [0.29, 0.717) is 6.54 Å². The highest BCUT2D eigenvalue weighted by atomic mass is 32.1. The van der Waals surface area contributed by atoms with Gasteiger partial charge in [-0.25, -0.2) is 4.79 Å². The number of carbonyl (C=O) groups excluding carboxylic acids is 1. The highest BCUT2D eigenvalue weighted by molar-refractivity contribution is 7.09. The molecule has 1 amide bonds. The standard InChI is InChI=1S/C13H20N2O3S/c1-13(2,3)18-12(17)15-6-4-5-9(15)11(16)10-7-14-8-19-10/h7-9,11,16H,4-6H2,1-3H3/t9-,11?/m0/s1. The van der Waals surface area contributed by atoms with Crippen LogP contribution in [0.2, 0.25) is 0 Å². The number of ether oxygens (including phenoxy) is 1. The molecule has 1 aliphatic rings. The number of hydrogen-bond donors (Lipinski definition) is 1. The average molecular weight is 284 g/mol. The topological polar surface area (TPSA) is 62.7 Å². The van der Waals surface area contributed by atoms with Crippen LogP contribution in [0.15, 0.2) is 11.7 Å². The Labute approximate surface area is 117 Å². The number of aliphatic hydroxyl groups is 1. The molecule has 106 valence electrons. The van der Waals surface area contributed by atoms with E-state index in [2.05, 4.69) is 4.98 Å². The van der Waals surface area contributed by atoms with Gasteiger partial charge in [-0.3, -0.25) is 4.98 Å². The van der Waals surface area contributed by atoms with Crippen molar-refractivity contribution in [2.75, 3.05) is 6.54 Å². The summed E-state index contributed by atoms with van der Waals surface area (Å²) in [5.74, 6) is 0. The molecule has 6 heteroatoms. The Hall–Kier alpha value is -1.14. The Kier molecular flexibility index (Phi) is 4.10. The van der Waals surface area contributed by atoms with Crippen LogP contribution in [0.25, 0.3) is 0 Å². The first-order chi connectivity index (χ1) is 8.88. The zero-order valence-electron chi connectivity index (χ0n) is 11.5. The fourth-order valence-electron chi connectivity index (χ4n) is 2.23. The van der Waals surface area contributed by atoms with Crippen molar-refractivity contribution in [3.05, 3.63) is 16.6 Å². The maximum absolute atomic E-state index is 12.1. The molecule has 1 N–H and O–H groups in total. The fourth-order valence-corrected chi connectivity index (χ4v) is 2.89. The molecule has 0 bridgehead atoms. The van der Waals surface area contributed by atoms with Crippen molar-refractivity contribution < 1.29 is 14.6 Å². The highest BCUT2D eigenvalue weighted by Gasteiger charge is 2.37. The van der Waals surface area contributed by atoms with Gasteiger partial charge >= 0.3 is 6.09 Å². The van der Waals surface area contributed by atoms with E-state index in [1.807, 2.05) is 20.8 Å². The molecule has 1 aliphatic heterocycles. The minimum Gasteiger partial charge on any atom is -0.444 e. The second-order valence-electron chi connectivity index (χ2n) is 5.73. The van der Waals surface area contributed by atoms with Crippen molar-refractivity contribution in [1.29, 1.82) is 0 Å². The molecule has 1 aromatic heterocycles. The molecule has 2 rings (SSSR count). The van der Waals surface area contributed by atoms with E-state index in [0.717, 1.165) is 17.7 Å². The molecule has 0 saturated carbocycles. The molecule has 0 aromatic carbocycles. The van der Waals surface area contributed by atoms with E-state index in [4.69, 9.17) is 4.74 Å². The van der Waals surface area contributed by atoms with Crippen LogP contribution in [-0.4, -0.2) is 39.3 Å². The average Bonchev–Trinajstić information content (AvgIpc) is 2.97. The third-order valence-corrected chi connectivity index (χ3v) is 3.88. The number of amides is 1. The van der Waals surface area contributed by atoms with E-state index >= 15 is 0 Å². The Morgan fingerprint density at radius 3 is 2.95 bits per heavy atom. The van der Waals surface area contributed by atoms with Crippen LogP contribution in [0.1, 0.15) is 44.6 Å². The number of likely N-dealkylation sites (tertiary alicyclic amines) is 1. The van der Waals surface area contributed by atoms with Crippen LogP contribution in [0, 0.1) is 0 Å². The van der Waals surface area contributed by atoms with Crippen molar-refractivity contribution >= 4 is 17.4 Å². The number of nitrogens with zero attached hydrogens (tertiary/aromatic N) is 2. The molecule has 0 aliphatic carbocycles. The summed E-state index contributed by atoms with van der Waals surface area (Å²) >= 11 is 1.40. The summed E-state index contributed by atoms with van der Waals surface area (Å²) in [6, 6.07) is -0.213. The summed E-state index contributed by atoms with van der Waals surface area (Å²) in [7, 11) is 0. The van der Waals surface area contributed by atoms with Gasteiger partial charge in [0.1, 0.15) is 11.7 Å². The van der Waals surface area contributed by atoms with Gasteiger partial charge in [-0.05, 0) is 33.6 Å². The predicted octanol–water partition coefficient (Wildman–Crippen LogP) is 2.58. The first-order valence-electron chi connectivity index (χ1n) is 6.44. The molecule has 1 unspecified atom stereocenters. The normalized spacial score (nSPS) is 21.5. The van der Waals surface area contributed by atoms with Gasteiger partial charge < -0.3 is 14.7 Å². The molecule has 0 radical (unpaired) electrons. The summed E-state index contributed by atoms with van der Waals surface area (Å²) in [5, 5.41) is 10.3. The number of carbonyl (C=O) groups is 1. The monoisotopic (exact) mass is 284 g/mol. The van der Waals surface area contributed by atoms with E-state index in [-0.39, 0.29) is 12.1 Å². The number of hydrogen-bond acceptors (Lipinski definition) is 5. The van der Waals surface area contributed by atoms with Gasteiger partial charge in [0, 0.05) is 12.7 Å². The maximum atomic E-state index is 12.1. The molecule has 5 nitrogen and oxygen atoms in total. The molecule has 19 heavy (non-hydrogen) atoms. The molecular formula is C13H20N2O3S. The SMILES string of the molecule is CC(C)(C)OC(=O)N1CCC[C@H]1C(O)c1cncs1. The second kappa shape index (κ2) is 5.46. The summed E-state index contributed by atoms with van der Waals surface area (Å²) in [6.45, 7) is 6.16. The van der Waals surface area contributed by atoms with Crippen molar-refractivity contribution in [3.63, 3.8) is 0 Å². The maximum Gasteiger partial charge on any atom is 0.410 e. The van der Waals surface area contributed by atoms with Crippen LogP contribution < -0.4 is 0 Å². The molecule has 2 heterocycles. The zero-order valence-corrected chi connectivity index (χ0v) is 12.3. The Balaban J connectivity index is 2.06. The minimum atomic E-state index is -0.678. The van der Waals surface area contributed by atoms with Gasteiger partial charge in [0.15, 0.2) is 0 Å². The lowest BCUT2D eigenvalue weighted by atomic mass is 10.1. The third kappa shape index (κ3) is 3.45. The van der Waals surface area contributed by atoms with Crippen LogP contribution in [0.4, 0.5) is 4.79 Å². The van der Waals surface area contributed by atoms with E-state index in [9.17, 15) is 9.90 Å². The second-order valence-corrected chi connectivity index (χ2v) is 6.65. The Bertz CT molecular complexity index is 428. The lowest BCUT2D eigenvalue weighted by Crippen LogP contribution is -2.42. The van der Waals surface area contributed by atoms with Crippen LogP contribution >= 0.6 is 11.3 Å². The quantitative estimate of drug-likeness (QED) is 0.906. The summed E-state index contributed by atoms with van der Waals surface area (Å²) in [4.78, 5) is 18.5. The number of rotatable bonds is 2. The summed E-state index contributed by atoms with van der Waals surface area (Å²) in [6.07, 6.45) is 2.31. The summed E-state index contributed by atoms with van der Waals surface area (Å²) < 4.78 is 5.38. The van der Waals surface area contributed by atoms with Crippen LogP contribution in [0.3, 0.4) is 0 Å². The van der Waals surface area contributed by atoms with Crippen LogP contribution in [-0.2, 0) is 4.74 Å². The van der Waals surface area contributed by atoms with Gasteiger partial charge in [0.2, 0.25) is 0 Å². The summed E-state index contributed by atoms with van der Waals surface area (Å²) in [5.41, 5.74) is 1.17. The fraction of sp³-hybridized carbons (Fsp3) is 0.692. The Morgan fingerprint density at radius 1 is 1.63 bits per heavy atom. The minimum absolute atomic E-state index is 0.213.